The summed E-state index contributed by atoms with van der Waals surface area (Å²) in [5.74, 6) is -1.84. The van der Waals surface area contributed by atoms with Crippen LogP contribution in [-0.4, -0.2) is 40.3 Å². The molecule has 0 aromatic carbocycles. The van der Waals surface area contributed by atoms with Crippen molar-refractivity contribution in [1.29, 1.82) is 0 Å². The van der Waals surface area contributed by atoms with Gasteiger partial charge in [-0.3, -0.25) is 0 Å². The van der Waals surface area contributed by atoms with E-state index in [1.165, 1.54) is 5.38 Å². The molecule has 0 unspecified atom stereocenters. The lowest BCUT2D eigenvalue weighted by Gasteiger charge is -2.36. The molecular weight excluding hydrogens is 359 g/mol. The molecule has 0 radical (unpaired) electrons. The first kappa shape index (κ1) is 18.1. The molecular formula is C15H18F3N3O3S. The lowest BCUT2D eigenvalue weighted by atomic mass is 9.87. The Morgan fingerprint density at radius 1 is 1.48 bits per heavy atom. The predicted molar refractivity (Wildman–Crippen MR) is 85.6 cm³/mol. The van der Waals surface area contributed by atoms with E-state index in [4.69, 9.17) is 4.74 Å². The molecule has 0 bridgehead atoms. The minimum Gasteiger partial charge on any atom is -0.461 e. The van der Waals surface area contributed by atoms with Gasteiger partial charge < -0.3 is 9.84 Å². The van der Waals surface area contributed by atoms with Crippen LogP contribution in [0.25, 0.3) is 0 Å². The van der Waals surface area contributed by atoms with Crippen molar-refractivity contribution >= 4 is 28.1 Å². The van der Waals surface area contributed by atoms with Crippen molar-refractivity contribution in [3.05, 3.63) is 11.1 Å². The van der Waals surface area contributed by atoms with Crippen LogP contribution in [0, 0.1) is 5.92 Å². The van der Waals surface area contributed by atoms with Crippen LogP contribution in [0.1, 0.15) is 49.5 Å². The molecule has 2 heterocycles. The lowest BCUT2D eigenvalue weighted by molar-refractivity contribution is -0.268. The van der Waals surface area contributed by atoms with Crippen molar-refractivity contribution in [2.24, 2.45) is 11.0 Å². The number of carbonyl (C=O) groups excluding carboxylic acids is 1. The van der Waals surface area contributed by atoms with E-state index in [1.54, 1.807) is 6.92 Å². The van der Waals surface area contributed by atoms with Crippen LogP contribution in [0.15, 0.2) is 10.5 Å². The molecule has 0 saturated heterocycles. The Balaban J connectivity index is 1.99. The number of anilines is 1. The number of aliphatic hydroxyl groups is 1. The summed E-state index contributed by atoms with van der Waals surface area (Å²) in [6.45, 7) is 1.75. The monoisotopic (exact) mass is 377 g/mol. The van der Waals surface area contributed by atoms with Crippen LogP contribution in [0.5, 0.6) is 0 Å². The molecule has 10 heteroatoms. The van der Waals surface area contributed by atoms with E-state index >= 15 is 0 Å². The molecule has 1 fully saturated rings. The maximum absolute atomic E-state index is 13.8. The van der Waals surface area contributed by atoms with Gasteiger partial charge in [0.2, 0.25) is 5.13 Å². The second-order valence-electron chi connectivity index (χ2n) is 6.01. The number of rotatable bonds is 3. The van der Waals surface area contributed by atoms with Gasteiger partial charge in [0, 0.05) is 11.1 Å². The van der Waals surface area contributed by atoms with Gasteiger partial charge in [-0.05, 0) is 26.2 Å². The van der Waals surface area contributed by atoms with Gasteiger partial charge in [-0.25, -0.2) is 9.78 Å². The van der Waals surface area contributed by atoms with Crippen molar-refractivity contribution in [1.82, 2.24) is 4.98 Å². The summed E-state index contributed by atoms with van der Waals surface area (Å²) < 4.78 is 46.2. The van der Waals surface area contributed by atoms with Crippen molar-refractivity contribution in [2.45, 2.75) is 50.9 Å². The smallest absolute Gasteiger partial charge is 0.439 e. The number of carbonyl (C=O) groups is 1. The Kier molecular flexibility index (Phi) is 4.76. The van der Waals surface area contributed by atoms with E-state index in [-0.39, 0.29) is 23.9 Å². The maximum Gasteiger partial charge on any atom is 0.439 e. The zero-order valence-corrected chi connectivity index (χ0v) is 14.4. The van der Waals surface area contributed by atoms with Gasteiger partial charge in [0.25, 0.3) is 5.72 Å². The summed E-state index contributed by atoms with van der Waals surface area (Å²) in [7, 11) is 0. The van der Waals surface area contributed by atoms with Crippen LogP contribution in [0.4, 0.5) is 18.3 Å². The number of hydrazone groups is 1. The molecule has 6 nitrogen and oxygen atoms in total. The molecule has 2 atom stereocenters. The van der Waals surface area contributed by atoms with Gasteiger partial charge in [-0.2, -0.15) is 23.3 Å². The first-order valence-electron chi connectivity index (χ1n) is 8.08. The lowest BCUT2D eigenvalue weighted by Crippen LogP contribution is -2.60. The van der Waals surface area contributed by atoms with Gasteiger partial charge in [-0.15, -0.1) is 11.3 Å². The molecule has 138 valence electrons. The number of hydrogen-bond acceptors (Lipinski definition) is 7. The van der Waals surface area contributed by atoms with Gasteiger partial charge in [-0.1, -0.05) is 12.8 Å². The van der Waals surface area contributed by atoms with Gasteiger partial charge in [0.1, 0.15) is 0 Å². The van der Waals surface area contributed by atoms with Gasteiger partial charge in [0.15, 0.2) is 5.69 Å². The highest BCUT2D eigenvalue weighted by Crippen LogP contribution is 2.49. The third-order valence-electron chi connectivity index (χ3n) is 4.44. The number of thiazole rings is 1. The maximum atomic E-state index is 13.8. The standard InChI is InChI=1S/C15H18F3N3O3S/c1-2-24-12(22)11-8-25-13(19-11)21-14(23,15(16,17)18)9-6-4-3-5-7-10(9)20-21/h8-9,23H,2-7H2,1H3/t9-,14-/m0/s1. The highest BCUT2D eigenvalue weighted by molar-refractivity contribution is 7.14. The number of alkyl halides is 3. The number of fused-ring (bicyclic) bond motifs is 1. The average Bonchev–Trinajstić information content (AvgIpc) is 3.04. The third-order valence-corrected chi connectivity index (χ3v) is 5.26. The van der Waals surface area contributed by atoms with Crippen molar-refractivity contribution in [3.8, 4) is 0 Å². The molecule has 3 rings (SSSR count). The molecule has 1 aliphatic carbocycles. The summed E-state index contributed by atoms with van der Waals surface area (Å²) in [5, 5.41) is 16.4. The van der Waals surface area contributed by atoms with E-state index in [9.17, 15) is 23.1 Å². The topological polar surface area (TPSA) is 75.0 Å². The molecule has 1 aromatic heterocycles. The summed E-state index contributed by atoms with van der Waals surface area (Å²) in [6.07, 6.45) is -2.14. The second kappa shape index (κ2) is 6.56. The van der Waals surface area contributed by atoms with Gasteiger partial charge in [0.05, 0.1) is 12.5 Å². The first-order chi connectivity index (χ1) is 11.8. The minimum atomic E-state index is -4.91. The molecule has 1 N–H and O–H groups in total. The van der Waals surface area contributed by atoms with E-state index in [2.05, 4.69) is 10.1 Å². The molecule has 0 spiro atoms. The number of esters is 1. The van der Waals surface area contributed by atoms with Gasteiger partial charge >= 0.3 is 12.1 Å². The van der Waals surface area contributed by atoms with Crippen LogP contribution < -0.4 is 5.01 Å². The van der Waals surface area contributed by atoms with Crippen LogP contribution in [-0.2, 0) is 4.74 Å². The van der Waals surface area contributed by atoms with Crippen molar-refractivity contribution in [2.75, 3.05) is 11.6 Å². The quantitative estimate of drug-likeness (QED) is 0.818. The largest absolute Gasteiger partial charge is 0.461 e. The Labute approximate surface area is 146 Å². The SMILES string of the molecule is CCOC(=O)c1csc(N2N=C3CCCCC[C@@H]3[C@]2(O)C(F)(F)F)n1. The molecule has 1 saturated carbocycles. The molecule has 1 aromatic rings. The Morgan fingerprint density at radius 3 is 2.92 bits per heavy atom. The Hall–Kier alpha value is -1.68. The second-order valence-corrected chi connectivity index (χ2v) is 6.85. The highest BCUT2D eigenvalue weighted by atomic mass is 32.1. The van der Waals surface area contributed by atoms with E-state index in [0.29, 0.717) is 23.6 Å². The fourth-order valence-electron chi connectivity index (χ4n) is 3.24. The fourth-order valence-corrected chi connectivity index (χ4v) is 4.04. The summed E-state index contributed by atoms with van der Waals surface area (Å²) in [4.78, 5) is 15.6. The normalized spacial score (nSPS) is 26.8. The number of aromatic nitrogens is 1. The number of nitrogens with zero attached hydrogens (tertiary/aromatic N) is 3. The highest BCUT2D eigenvalue weighted by Gasteiger charge is 2.67. The van der Waals surface area contributed by atoms with E-state index < -0.39 is 23.8 Å². The van der Waals surface area contributed by atoms with Crippen molar-refractivity contribution < 1.29 is 27.8 Å². The van der Waals surface area contributed by atoms with Crippen LogP contribution in [0.2, 0.25) is 0 Å². The summed E-state index contributed by atoms with van der Waals surface area (Å²) in [5.41, 5.74) is -2.90. The van der Waals surface area contributed by atoms with E-state index in [1.807, 2.05) is 0 Å². The zero-order valence-electron chi connectivity index (χ0n) is 13.5. The van der Waals surface area contributed by atoms with E-state index in [0.717, 1.165) is 24.2 Å². The van der Waals surface area contributed by atoms with Crippen LogP contribution in [0.3, 0.4) is 0 Å². The van der Waals surface area contributed by atoms with Crippen molar-refractivity contribution in [3.63, 3.8) is 0 Å². The van der Waals surface area contributed by atoms with Crippen LogP contribution >= 0.6 is 11.3 Å². The first-order valence-corrected chi connectivity index (χ1v) is 8.96. The third kappa shape index (κ3) is 3.01. The minimum absolute atomic E-state index is 0.0985. The average molecular weight is 377 g/mol. The fraction of sp³-hybridized carbons (Fsp3) is 0.667. The number of hydrogen-bond donors (Lipinski definition) is 1. The molecule has 2 aliphatic rings. The zero-order chi connectivity index (χ0) is 18.2. The number of ether oxygens (including phenoxy) is 1. The summed E-state index contributed by atoms with van der Waals surface area (Å²) in [6, 6.07) is 0. The molecule has 0 amide bonds. The molecule has 25 heavy (non-hydrogen) atoms. The number of halogens is 3. The Morgan fingerprint density at radius 2 is 2.24 bits per heavy atom. The summed E-state index contributed by atoms with van der Waals surface area (Å²) >= 11 is 0.817. The molecule has 1 aliphatic heterocycles. The predicted octanol–water partition coefficient (Wildman–Crippen LogP) is 3.33. The Bertz CT molecular complexity index is 691.